The molecular formula is C21H18N4O. The number of nitrogens with zero attached hydrogens (tertiary/aromatic N) is 4. The van der Waals surface area contributed by atoms with Crippen LogP contribution < -0.4 is 4.74 Å². The van der Waals surface area contributed by atoms with Crippen molar-refractivity contribution < 1.29 is 4.74 Å². The average molecular weight is 342 g/mol. The van der Waals surface area contributed by atoms with Crippen LogP contribution in [-0.4, -0.2) is 26.1 Å². The molecule has 0 saturated heterocycles. The minimum Gasteiger partial charge on any atom is -0.488 e. The normalized spacial score (nSPS) is 15.8. The van der Waals surface area contributed by atoms with Crippen LogP contribution in [0.3, 0.4) is 0 Å². The summed E-state index contributed by atoms with van der Waals surface area (Å²) in [6, 6.07) is 20.9. The molecule has 1 aliphatic rings. The molecule has 0 bridgehead atoms. The monoisotopic (exact) mass is 342 g/mol. The van der Waals surface area contributed by atoms with Crippen molar-refractivity contribution in [2.45, 2.75) is 25.5 Å². The Hall–Kier alpha value is -3.21. The summed E-state index contributed by atoms with van der Waals surface area (Å²) < 4.78 is 8.00. The van der Waals surface area contributed by atoms with E-state index in [0.717, 1.165) is 24.1 Å². The van der Waals surface area contributed by atoms with Gasteiger partial charge in [0.15, 0.2) is 0 Å². The van der Waals surface area contributed by atoms with Crippen LogP contribution in [0.5, 0.6) is 5.75 Å². The fourth-order valence-corrected chi connectivity index (χ4v) is 3.56. The topological polar surface area (TPSA) is 52.8 Å². The number of aromatic nitrogens is 4. The Bertz CT molecular complexity index is 1060. The molecule has 0 fully saturated rings. The van der Waals surface area contributed by atoms with E-state index >= 15 is 0 Å². The van der Waals surface area contributed by atoms with Gasteiger partial charge in [-0.15, -0.1) is 5.10 Å². The lowest BCUT2D eigenvalue weighted by molar-refractivity contribution is 0.204. The number of fused-ring (bicyclic) bond motifs is 2. The summed E-state index contributed by atoms with van der Waals surface area (Å²) in [4.78, 5) is 4.23. The first-order chi connectivity index (χ1) is 12.8. The molecular weight excluding hydrogens is 324 g/mol. The Balaban J connectivity index is 1.33. The zero-order valence-corrected chi connectivity index (χ0v) is 14.2. The minimum absolute atomic E-state index is 0.0714. The number of hydrogen-bond acceptors (Lipinski definition) is 4. The van der Waals surface area contributed by atoms with Crippen LogP contribution in [0.25, 0.3) is 11.2 Å². The van der Waals surface area contributed by atoms with E-state index in [1.54, 1.807) is 6.20 Å². The summed E-state index contributed by atoms with van der Waals surface area (Å²) in [5, 5.41) is 8.34. The number of ether oxygens (including phenoxy) is 1. The third-order valence-electron chi connectivity index (χ3n) is 4.79. The Morgan fingerprint density at radius 2 is 1.92 bits per heavy atom. The van der Waals surface area contributed by atoms with Gasteiger partial charge in [-0.1, -0.05) is 47.7 Å². The second-order valence-corrected chi connectivity index (χ2v) is 6.67. The molecule has 0 N–H and O–H groups in total. The summed E-state index contributed by atoms with van der Waals surface area (Å²) in [7, 11) is 0. The molecule has 3 heterocycles. The molecule has 5 heteroatoms. The highest BCUT2D eigenvalue weighted by atomic mass is 16.5. The highest BCUT2D eigenvalue weighted by Crippen LogP contribution is 2.31. The minimum atomic E-state index is 0.0714. The fraction of sp³-hybridized carbons (Fsp3) is 0.190. The van der Waals surface area contributed by atoms with Crippen molar-refractivity contribution >= 4 is 11.2 Å². The molecule has 0 amide bonds. The molecule has 1 atom stereocenters. The predicted molar refractivity (Wildman–Crippen MR) is 99.1 cm³/mol. The van der Waals surface area contributed by atoms with E-state index in [9.17, 15) is 0 Å². The van der Waals surface area contributed by atoms with Gasteiger partial charge in [-0.2, -0.15) is 0 Å². The molecule has 5 rings (SSSR count). The second kappa shape index (κ2) is 6.26. The van der Waals surface area contributed by atoms with Crippen LogP contribution in [0.4, 0.5) is 0 Å². The lowest BCUT2D eigenvalue weighted by atomic mass is 10.0. The van der Waals surface area contributed by atoms with E-state index in [2.05, 4.69) is 57.8 Å². The standard InChI is InChI=1S/C21H18N4O/c1-2-5-15(6-3-1)11-16-8-9-20-17(12-16)13-18(26-20)14-25-19-7-4-10-22-21(19)23-24-25/h1-10,12,18H,11,13-14H2. The zero-order valence-electron chi connectivity index (χ0n) is 14.2. The van der Waals surface area contributed by atoms with Crippen LogP contribution in [0.2, 0.25) is 0 Å². The van der Waals surface area contributed by atoms with Crippen molar-refractivity contribution in [2.75, 3.05) is 0 Å². The number of benzene rings is 2. The van der Waals surface area contributed by atoms with Crippen molar-refractivity contribution in [3.05, 3.63) is 83.6 Å². The van der Waals surface area contributed by atoms with Crippen LogP contribution in [0.1, 0.15) is 16.7 Å². The van der Waals surface area contributed by atoms with Gasteiger partial charge in [0.2, 0.25) is 5.65 Å². The van der Waals surface area contributed by atoms with E-state index in [4.69, 9.17) is 4.74 Å². The fourth-order valence-electron chi connectivity index (χ4n) is 3.56. The molecule has 128 valence electrons. The van der Waals surface area contributed by atoms with Crippen LogP contribution in [-0.2, 0) is 19.4 Å². The van der Waals surface area contributed by atoms with E-state index in [1.165, 1.54) is 16.7 Å². The highest BCUT2D eigenvalue weighted by molar-refractivity contribution is 5.68. The van der Waals surface area contributed by atoms with Crippen molar-refractivity contribution in [1.82, 2.24) is 20.0 Å². The number of rotatable bonds is 4. The third kappa shape index (κ3) is 2.81. The lowest BCUT2D eigenvalue weighted by Crippen LogP contribution is -2.21. The molecule has 4 aromatic rings. The van der Waals surface area contributed by atoms with Crippen molar-refractivity contribution in [3.63, 3.8) is 0 Å². The van der Waals surface area contributed by atoms with Gasteiger partial charge in [-0.05, 0) is 41.3 Å². The lowest BCUT2D eigenvalue weighted by Gasteiger charge is -2.10. The molecule has 5 nitrogen and oxygen atoms in total. The molecule has 26 heavy (non-hydrogen) atoms. The summed E-state index contributed by atoms with van der Waals surface area (Å²) >= 11 is 0. The van der Waals surface area contributed by atoms with Gasteiger partial charge in [0.25, 0.3) is 0 Å². The Kier molecular flexibility index (Phi) is 3.63. The van der Waals surface area contributed by atoms with Crippen LogP contribution in [0.15, 0.2) is 66.9 Å². The molecule has 0 spiro atoms. The summed E-state index contributed by atoms with van der Waals surface area (Å²) in [6.07, 6.45) is 3.64. The van der Waals surface area contributed by atoms with Gasteiger partial charge in [0.05, 0.1) is 6.54 Å². The van der Waals surface area contributed by atoms with Crippen molar-refractivity contribution in [1.29, 1.82) is 0 Å². The smallest absolute Gasteiger partial charge is 0.201 e. The first kappa shape index (κ1) is 15.1. The summed E-state index contributed by atoms with van der Waals surface area (Å²) in [5.74, 6) is 0.981. The first-order valence-electron chi connectivity index (χ1n) is 8.82. The van der Waals surface area contributed by atoms with Crippen molar-refractivity contribution in [3.8, 4) is 5.75 Å². The van der Waals surface area contributed by atoms with Gasteiger partial charge in [0.1, 0.15) is 17.4 Å². The maximum atomic E-state index is 6.13. The molecule has 0 radical (unpaired) electrons. The molecule has 1 aliphatic heterocycles. The van der Waals surface area contributed by atoms with Gasteiger partial charge in [-0.25, -0.2) is 9.67 Å². The maximum absolute atomic E-state index is 6.13. The number of pyridine rings is 1. The summed E-state index contributed by atoms with van der Waals surface area (Å²) in [6.45, 7) is 0.672. The van der Waals surface area contributed by atoms with E-state index in [0.29, 0.717) is 12.2 Å². The van der Waals surface area contributed by atoms with E-state index in [-0.39, 0.29) is 6.10 Å². The number of hydrogen-bond donors (Lipinski definition) is 0. The SMILES string of the molecule is c1ccc(Cc2ccc3c(c2)CC(Cn2nnc4ncccc42)O3)cc1. The third-order valence-corrected chi connectivity index (χ3v) is 4.79. The van der Waals surface area contributed by atoms with Gasteiger partial charge < -0.3 is 4.74 Å². The average Bonchev–Trinajstić information content (AvgIpc) is 3.26. The molecule has 2 aromatic carbocycles. The largest absolute Gasteiger partial charge is 0.488 e. The first-order valence-corrected chi connectivity index (χ1v) is 8.82. The molecule has 0 saturated carbocycles. The molecule has 0 aliphatic carbocycles. The molecule has 1 unspecified atom stereocenters. The second-order valence-electron chi connectivity index (χ2n) is 6.67. The van der Waals surface area contributed by atoms with Gasteiger partial charge in [0, 0.05) is 12.6 Å². The van der Waals surface area contributed by atoms with Crippen LogP contribution >= 0.6 is 0 Å². The summed E-state index contributed by atoms with van der Waals surface area (Å²) in [5.41, 5.74) is 5.52. The van der Waals surface area contributed by atoms with Gasteiger partial charge in [-0.3, -0.25) is 0 Å². The van der Waals surface area contributed by atoms with Gasteiger partial charge >= 0.3 is 0 Å². The Morgan fingerprint density at radius 1 is 1.00 bits per heavy atom. The Labute approximate surface area is 151 Å². The quantitative estimate of drug-likeness (QED) is 0.570. The van der Waals surface area contributed by atoms with Crippen LogP contribution in [0, 0.1) is 0 Å². The zero-order chi connectivity index (χ0) is 17.3. The predicted octanol–water partition coefficient (Wildman–Crippen LogP) is 3.42. The van der Waals surface area contributed by atoms with E-state index < -0.39 is 0 Å². The van der Waals surface area contributed by atoms with Crippen molar-refractivity contribution in [2.24, 2.45) is 0 Å². The Morgan fingerprint density at radius 3 is 2.85 bits per heavy atom. The molecule has 2 aromatic heterocycles. The van der Waals surface area contributed by atoms with E-state index in [1.807, 2.05) is 22.9 Å². The highest BCUT2D eigenvalue weighted by Gasteiger charge is 2.24. The maximum Gasteiger partial charge on any atom is 0.201 e.